The first-order valence-corrected chi connectivity index (χ1v) is 7.71. The van der Waals surface area contributed by atoms with Crippen LogP contribution in [0.5, 0.6) is 0 Å². The number of hydrogen-bond donors (Lipinski definition) is 1. The molecule has 2 heterocycles. The smallest absolute Gasteiger partial charge is 0.248 e. The van der Waals surface area contributed by atoms with E-state index in [0.29, 0.717) is 37.8 Å². The lowest BCUT2D eigenvalue weighted by Crippen LogP contribution is -2.49. The molecule has 0 unspecified atom stereocenters. The molecule has 1 fully saturated rings. The lowest BCUT2D eigenvalue weighted by molar-refractivity contribution is -0.136. The maximum atomic E-state index is 11.4. The molecule has 1 aromatic heterocycles. The van der Waals surface area contributed by atoms with Crippen LogP contribution in [-0.4, -0.2) is 63.7 Å². The molecule has 1 aliphatic rings. The predicted octanol–water partition coefficient (Wildman–Crippen LogP) is 0.297. The van der Waals surface area contributed by atoms with Gasteiger partial charge in [-0.25, -0.2) is 0 Å². The van der Waals surface area contributed by atoms with Gasteiger partial charge in [-0.3, -0.25) is 9.69 Å². The minimum atomic E-state index is -0.423. The highest BCUT2D eigenvalue weighted by atomic mass is 16.5. The first kappa shape index (κ1) is 15.6. The molecule has 2 aromatic rings. The standard InChI is InChI=1S/C16H20N4O3/c21-12-16(22)20-8-6-19(7-9-20)11-14-17-15(23-18-14)10-13-4-2-1-3-5-13/h1-5,21H,6-12H2. The van der Waals surface area contributed by atoms with Crippen LogP contribution in [0.2, 0.25) is 0 Å². The van der Waals surface area contributed by atoms with Gasteiger partial charge in [0.05, 0.1) is 13.0 Å². The van der Waals surface area contributed by atoms with E-state index >= 15 is 0 Å². The summed E-state index contributed by atoms with van der Waals surface area (Å²) in [6, 6.07) is 10.0. The second-order valence-electron chi connectivity index (χ2n) is 5.58. The van der Waals surface area contributed by atoms with Gasteiger partial charge >= 0.3 is 0 Å². The lowest BCUT2D eigenvalue weighted by atomic mass is 10.1. The molecule has 1 aliphatic heterocycles. The molecule has 7 nitrogen and oxygen atoms in total. The number of hydrogen-bond acceptors (Lipinski definition) is 6. The Morgan fingerprint density at radius 3 is 2.61 bits per heavy atom. The fourth-order valence-corrected chi connectivity index (χ4v) is 2.65. The highest BCUT2D eigenvalue weighted by molar-refractivity contribution is 5.77. The number of benzene rings is 1. The molecule has 0 bridgehead atoms. The maximum Gasteiger partial charge on any atom is 0.248 e. The van der Waals surface area contributed by atoms with E-state index in [2.05, 4.69) is 15.0 Å². The van der Waals surface area contributed by atoms with Crippen LogP contribution in [0.4, 0.5) is 0 Å². The minimum absolute atomic E-state index is 0.214. The zero-order chi connectivity index (χ0) is 16.1. The van der Waals surface area contributed by atoms with E-state index in [-0.39, 0.29) is 5.91 Å². The molecule has 1 saturated heterocycles. The van der Waals surface area contributed by atoms with Crippen molar-refractivity contribution in [3.8, 4) is 0 Å². The van der Waals surface area contributed by atoms with E-state index < -0.39 is 6.61 Å². The quantitative estimate of drug-likeness (QED) is 0.854. The molecular weight excluding hydrogens is 296 g/mol. The third-order valence-electron chi connectivity index (χ3n) is 3.93. The second-order valence-corrected chi connectivity index (χ2v) is 5.58. The third kappa shape index (κ3) is 4.14. The molecule has 1 N–H and O–H groups in total. The first-order chi connectivity index (χ1) is 11.2. The Hall–Kier alpha value is -2.25. The molecule has 23 heavy (non-hydrogen) atoms. The highest BCUT2D eigenvalue weighted by Crippen LogP contribution is 2.10. The summed E-state index contributed by atoms with van der Waals surface area (Å²) in [6.07, 6.45) is 0.632. The van der Waals surface area contributed by atoms with Crippen molar-refractivity contribution in [3.05, 3.63) is 47.6 Å². The second kappa shape index (κ2) is 7.34. The fourth-order valence-electron chi connectivity index (χ4n) is 2.65. The number of rotatable bonds is 5. The van der Waals surface area contributed by atoms with Crippen LogP contribution in [0, 0.1) is 0 Å². The summed E-state index contributed by atoms with van der Waals surface area (Å²) in [6.45, 7) is 2.91. The zero-order valence-electron chi connectivity index (χ0n) is 12.9. The highest BCUT2D eigenvalue weighted by Gasteiger charge is 2.21. The van der Waals surface area contributed by atoms with E-state index in [1.54, 1.807) is 4.90 Å². The molecule has 1 amide bonds. The van der Waals surface area contributed by atoms with Gasteiger partial charge in [0.15, 0.2) is 5.82 Å². The average molecular weight is 316 g/mol. The zero-order valence-corrected chi connectivity index (χ0v) is 12.9. The molecule has 0 saturated carbocycles. The van der Waals surface area contributed by atoms with Crippen molar-refractivity contribution in [3.63, 3.8) is 0 Å². The molecule has 0 aliphatic carbocycles. The number of carbonyl (C=O) groups is 1. The molecule has 7 heteroatoms. The summed E-state index contributed by atoms with van der Waals surface area (Å²) in [7, 11) is 0. The van der Waals surface area contributed by atoms with Crippen LogP contribution in [0.3, 0.4) is 0 Å². The molecule has 0 spiro atoms. The van der Waals surface area contributed by atoms with Gasteiger partial charge in [-0.2, -0.15) is 4.98 Å². The number of aromatic nitrogens is 2. The van der Waals surface area contributed by atoms with Crippen molar-refractivity contribution >= 4 is 5.91 Å². The fraction of sp³-hybridized carbons (Fsp3) is 0.438. The summed E-state index contributed by atoms with van der Waals surface area (Å²) in [5.41, 5.74) is 1.14. The van der Waals surface area contributed by atoms with Crippen LogP contribution < -0.4 is 0 Å². The first-order valence-electron chi connectivity index (χ1n) is 7.71. The van der Waals surface area contributed by atoms with Crippen molar-refractivity contribution in [2.24, 2.45) is 0 Å². The number of aliphatic hydroxyl groups is 1. The van der Waals surface area contributed by atoms with E-state index in [4.69, 9.17) is 9.63 Å². The Kier molecular flexibility index (Phi) is 4.99. The third-order valence-corrected chi connectivity index (χ3v) is 3.93. The minimum Gasteiger partial charge on any atom is -0.387 e. The Morgan fingerprint density at radius 1 is 1.17 bits per heavy atom. The number of amides is 1. The van der Waals surface area contributed by atoms with E-state index in [0.717, 1.165) is 18.7 Å². The van der Waals surface area contributed by atoms with Crippen molar-refractivity contribution in [1.29, 1.82) is 0 Å². The van der Waals surface area contributed by atoms with Crippen molar-refractivity contribution in [1.82, 2.24) is 19.9 Å². The molecule has 0 atom stereocenters. The summed E-state index contributed by atoms with van der Waals surface area (Å²) in [5.74, 6) is 1.06. The van der Waals surface area contributed by atoms with E-state index in [1.165, 1.54) is 0 Å². The van der Waals surface area contributed by atoms with Crippen molar-refractivity contribution < 1.29 is 14.4 Å². The average Bonchev–Trinajstić information content (AvgIpc) is 3.02. The molecule has 1 aromatic carbocycles. The van der Waals surface area contributed by atoms with Gasteiger partial charge in [0, 0.05) is 26.2 Å². The van der Waals surface area contributed by atoms with Gasteiger partial charge in [0.2, 0.25) is 11.8 Å². The normalized spacial score (nSPS) is 15.8. The molecular formula is C16H20N4O3. The topological polar surface area (TPSA) is 82.7 Å². The summed E-state index contributed by atoms with van der Waals surface area (Å²) in [4.78, 5) is 19.7. The Morgan fingerprint density at radius 2 is 1.91 bits per heavy atom. The number of carbonyl (C=O) groups excluding carboxylic acids is 1. The van der Waals surface area contributed by atoms with Crippen molar-refractivity contribution in [2.75, 3.05) is 32.8 Å². The van der Waals surface area contributed by atoms with Crippen LogP contribution in [0.15, 0.2) is 34.9 Å². The van der Waals surface area contributed by atoms with Gasteiger partial charge in [-0.05, 0) is 5.56 Å². The van der Waals surface area contributed by atoms with Crippen LogP contribution in [-0.2, 0) is 17.8 Å². The lowest BCUT2D eigenvalue weighted by Gasteiger charge is -2.33. The number of aliphatic hydroxyl groups excluding tert-OH is 1. The van der Waals surface area contributed by atoms with Crippen molar-refractivity contribution in [2.45, 2.75) is 13.0 Å². The van der Waals surface area contributed by atoms with Gasteiger partial charge in [0.1, 0.15) is 6.61 Å². The molecule has 122 valence electrons. The largest absolute Gasteiger partial charge is 0.387 e. The molecule has 0 radical (unpaired) electrons. The summed E-state index contributed by atoms with van der Waals surface area (Å²) in [5, 5.41) is 12.9. The van der Waals surface area contributed by atoms with Gasteiger partial charge < -0.3 is 14.5 Å². The van der Waals surface area contributed by atoms with Gasteiger partial charge in [-0.15, -0.1) is 0 Å². The SMILES string of the molecule is O=C(CO)N1CCN(Cc2noc(Cc3ccccc3)n2)CC1. The van der Waals surface area contributed by atoms with Crippen LogP contribution in [0.1, 0.15) is 17.3 Å². The monoisotopic (exact) mass is 316 g/mol. The van der Waals surface area contributed by atoms with Crippen LogP contribution in [0.25, 0.3) is 0 Å². The number of piperazine rings is 1. The van der Waals surface area contributed by atoms with Gasteiger partial charge in [0.25, 0.3) is 0 Å². The Labute approximate surface area is 134 Å². The Bertz CT molecular complexity index is 636. The summed E-state index contributed by atoms with van der Waals surface area (Å²) >= 11 is 0. The van der Waals surface area contributed by atoms with E-state index in [9.17, 15) is 4.79 Å². The van der Waals surface area contributed by atoms with Crippen LogP contribution >= 0.6 is 0 Å². The molecule has 3 rings (SSSR count). The predicted molar refractivity (Wildman–Crippen MR) is 82.5 cm³/mol. The number of nitrogens with zero attached hydrogens (tertiary/aromatic N) is 4. The summed E-state index contributed by atoms with van der Waals surface area (Å²) < 4.78 is 5.30. The Balaban J connectivity index is 1.51. The van der Waals surface area contributed by atoms with E-state index in [1.807, 2.05) is 30.3 Å². The maximum absolute atomic E-state index is 11.4. The van der Waals surface area contributed by atoms with Gasteiger partial charge in [-0.1, -0.05) is 35.5 Å².